The third-order valence-electron chi connectivity index (χ3n) is 0.625. The normalized spacial score (nSPS) is 14.3. The van der Waals surface area contributed by atoms with Gasteiger partial charge in [-0.3, -0.25) is 5.73 Å². The molecule has 0 fully saturated rings. The molecular weight excluding hydrogens is 349 g/mol. The van der Waals surface area contributed by atoms with E-state index >= 15 is 0 Å². The quantitative estimate of drug-likeness (QED) is 0.555. The molecule has 0 radical (unpaired) electrons. The Morgan fingerprint density at radius 3 is 1.89 bits per heavy atom. The Morgan fingerprint density at radius 1 is 1.56 bits per heavy atom. The Kier molecular flexibility index (Phi) is 6.89. The largest absolute Gasteiger partial charge is 0.328 e. The van der Waals surface area contributed by atoms with Gasteiger partial charge in [-0.1, -0.05) is 23.2 Å². The van der Waals surface area contributed by atoms with Crippen LogP contribution in [0.5, 0.6) is 0 Å². The summed E-state index contributed by atoms with van der Waals surface area (Å²) >= 11 is 10.1. The van der Waals surface area contributed by atoms with E-state index in [1.807, 2.05) is 0 Å². The average molecular weight is 356 g/mol. The number of halogens is 3. The van der Waals surface area contributed by atoms with Gasteiger partial charge in [0.15, 0.2) is 10.6 Å². The van der Waals surface area contributed by atoms with Crippen molar-refractivity contribution in [2.75, 3.05) is 6.54 Å². The van der Waals surface area contributed by atoms with E-state index in [9.17, 15) is 4.39 Å². The molecule has 0 amide bonds. The van der Waals surface area contributed by atoms with E-state index in [1.165, 1.54) is 0 Å². The molecule has 9 heavy (non-hydrogen) atoms. The molecular formula is C3H7Cl2FN2Pt. The van der Waals surface area contributed by atoms with Gasteiger partial charge in [0.1, 0.15) is 0 Å². The first-order valence-electron chi connectivity index (χ1n) is 1.99. The minimum Gasteiger partial charge on any atom is -0.328 e. The Bertz CT molecular complexity index is 76.7. The van der Waals surface area contributed by atoms with E-state index in [4.69, 9.17) is 34.7 Å². The van der Waals surface area contributed by atoms with Gasteiger partial charge in [-0.25, -0.2) is 4.39 Å². The summed E-state index contributed by atoms with van der Waals surface area (Å²) in [5.41, 5.74) is 9.70. The molecule has 0 saturated heterocycles. The number of alkyl halides is 3. The second-order valence-electron chi connectivity index (χ2n) is 1.38. The molecule has 0 saturated carbocycles. The summed E-state index contributed by atoms with van der Waals surface area (Å²) in [4.78, 5) is 0. The van der Waals surface area contributed by atoms with Crippen molar-refractivity contribution in [2.45, 2.75) is 10.6 Å². The van der Waals surface area contributed by atoms with Crippen molar-refractivity contribution in [1.82, 2.24) is 0 Å². The predicted octanol–water partition coefficient (Wildman–Crippen LogP) is 0.371. The first-order chi connectivity index (χ1) is 3.48. The topological polar surface area (TPSA) is 52.0 Å². The zero-order valence-corrected chi connectivity index (χ0v) is 8.17. The molecule has 1 atom stereocenters. The predicted molar refractivity (Wildman–Crippen MR) is 32.6 cm³/mol. The van der Waals surface area contributed by atoms with E-state index in [1.54, 1.807) is 0 Å². The van der Waals surface area contributed by atoms with Gasteiger partial charge in [0.2, 0.25) is 0 Å². The van der Waals surface area contributed by atoms with Gasteiger partial charge in [-0.15, -0.1) is 0 Å². The van der Waals surface area contributed by atoms with Crippen molar-refractivity contribution in [3.8, 4) is 0 Å². The summed E-state index contributed by atoms with van der Waals surface area (Å²) in [5, 5.41) is 0. The van der Waals surface area contributed by atoms with Crippen molar-refractivity contribution >= 4 is 23.2 Å². The minimum absolute atomic E-state index is 0. The molecule has 6 heteroatoms. The van der Waals surface area contributed by atoms with Crippen LogP contribution in [0.2, 0.25) is 0 Å². The van der Waals surface area contributed by atoms with Gasteiger partial charge in [-0.2, -0.15) is 0 Å². The maximum atomic E-state index is 12.1. The Balaban J connectivity index is 0. The molecule has 0 rings (SSSR count). The minimum atomic E-state index is -1.84. The van der Waals surface area contributed by atoms with Gasteiger partial charge in [-0.05, 0) is 0 Å². The second-order valence-corrected chi connectivity index (χ2v) is 2.82. The van der Waals surface area contributed by atoms with Crippen molar-refractivity contribution in [3.05, 3.63) is 0 Å². The van der Waals surface area contributed by atoms with Gasteiger partial charge in [0.05, 0.1) is 0 Å². The number of nitrogens with two attached hydrogens (primary N) is 2. The Labute approximate surface area is 77.3 Å². The maximum Gasteiger partial charge on any atom is 0.198 e. The summed E-state index contributed by atoms with van der Waals surface area (Å²) in [5.74, 6) is 0. The molecule has 0 aromatic rings. The first kappa shape index (κ1) is 12.8. The van der Waals surface area contributed by atoms with Crippen molar-refractivity contribution in [2.24, 2.45) is 11.5 Å². The van der Waals surface area contributed by atoms with Gasteiger partial charge in [0, 0.05) is 27.6 Å². The molecule has 0 aliphatic carbocycles. The molecule has 0 bridgehead atoms. The number of rotatable bonds is 2. The van der Waals surface area contributed by atoms with Crippen LogP contribution >= 0.6 is 23.2 Å². The maximum absolute atomic E-state index is 12.1. The van der Waals surface area contributed by atoms with E-state index < -0.39 is 10.6 Å². The fourth-order valence-corrected chi connectivity index (χ4v) is 0.335. The third-order valence-corrected chi connectivity index (χ3v) is 1.10. The van der Waals surface area contributed by atoms with E-state index in [0.29, 0.717) is 0 Å². The van der Waals surface area contributed by atoms with Crippen LogP contribution in [0.25, 0.3) is 0 Å². The smallest absolute Gasteiger partial charge is 0.198 e. The van der Waals surface area contributed by atoms with Crippen LogP contribution in [0.1, 0.15) is 0 Å². The molecule has 4 N–H and O–H groups in total. The van der Waals surface area contributed by atoms with Crippen molar-refractivity contribution in [3.63, 3.8) is 0 Å². The zero-order valence-electron chi connectivity index (χ0n) is 4.39. The molecule has 1 unspecified atom stereocenters. The molecule has 0 heterocycles. The standard InChI is InChI=1S/C3H7Cl2FN2.Pt/c4-3(5,8)2(6)1-7;/h2H,1,7-8H2;. The summed E-state index contributed by atoms with van der Waals surface area (Å²) in [6.45, 7) is -0.260. The second kappa shape index (κ2) is 4.86. The van der Waals surface area contributed by atoms with Crippen LogP contribution in [0.15, 0.2) is 0 Å². The molecule has 0 aromatic heterocycles. The molecule has 0 aliphatic rings. The summed E-state index contributed by atoms with van der Waals surface area (Å²) in [6.07, 6.45) is -1.56. The molecule has 0 aromatic carbocycles. The van der Waals surface area contributed by atoms with Crippen LogP contribution in [0.4, 0.5) is 4.39 Å². The SMILES string of the molecule is NCC(F)C(N)(Cl)Cl.[Pt]. The van der Waals surface area contributed by atoms with E-state index in [-0.39, 0.29) is 27.6 Å². The Morgan fingerprint density at radius 2 is 1.89 bits per heavy atom. The molecule has 60 valence electrons. The number of hydrogen-bond acceptors (Lipinski definition) is 2. The van der Waals surface area contributed by atoms with E-state index in [0.717, 1.165) is 0 Å². The zero-order chi connectivity index (χ0) is 6.78. The average Bonchev–Trinajstić information content (AvgIpc) is 1.62. The first-order valence-corrected chi connectivity index (χ1v) is 2.75. The van der Waals surface area contributed by atoms with Crippen LogP contribution in [-0.4, -0.2) is 17.2 Å². The van der Waals surface area contributed by atoms with Gasteiger partial charge < -0.3 is 5.73 Å². The van der Waals surface area contributed by atoms with Crippen molar-refractivity contribution < 1.29 is 25.5 Å². The summed E-state index contributed by atoms with van der Waals surface area (Å²) < 4.78 is 10.3. The fraction of sp³-hybridized carbons (Fsp3) is 1.00. The van der Waals surface area contributed by atoms with Crippen LogP contribution in [-0.2, 0) is 21.1 Å². The molecule has 2 nitrogen and oxygen atoms in total. The fourth-order valence-electron chi connectivity index (χ4n) is 0.157. The van der Waals surface area contributed by atoms with Crippen molar-refractivity contribution in [1.29, 1.82) is 0 Å². The molecule has 0 spiro atoms. The van der Waals surface area contributed by atoms with Gasteiger partial charge in [0.25, 0.3) is 0 Å². The Hall–Kier alpha value is 1.12. The summed E-state index contributed by atoms with van der Waals surface area (Å²) in [7, 11) is 0. The third kappa shape index (κ3) is 5.56. The number of hydrogen-bond donors (Lipinski definition) is 2. The van der Waals surface area contributed by atoms with Gasteiger partial charge >= 0.3 is 0 Å². The van der Waals surface area contributed by atoms with E-state index in [2.05, 4.69) is 0 Å². The molecule has 0 aliphatic heterocycles. The van der Waals surface area contributed by atoms with Crippen LogP contribution in [0, 0.1) is 0 Å². The monoisotopic (exact) mass is 355 g/mol. The summed E-state index contributed by atoms with van der Waals surface area (Å²) in [6, 6.07) is 0. The van der Waals surface area contributed by atoms with Crippen LogP contribution < -0.4 is 11.5 Å². The van der Waals surface area contributed by atoms with Crippen LogP contribution in [0.3, 0.4) is 0 Å².